The van der Waals surface area contributed by atoms with Gasteiger partial charge < -0.3 is 0 Å². The number of allylic oxidation sites excluding steroid dienone is 2. The first-order chi connectivity index (χ1) is 9.85. The fourth-order valence-corrected chi connectivity index (χ4v) is 2.59. The van der Waals surface area contributed by atoms with Crippen molar-refractivity contribution in [2.45, 2.75) is 20.3 Å². The molecular weight excluding hydrogens is 244 g/mol. The van der Waals surface area contributed by atoms with Crippen molar-refractivity contribution in [3.63, 3.8) is 0 Å². The van der Waals surface area contributed by atoms with Crippen molar-refractivity contribution in [1.29, 1.82) is 0 Å². The average molecular weight is 262 g/mol. The first-order valence-electron chi connectivity index (χ1n) is 7.03. The van der Waals surface area contributed by atoms with Crippen molar-refractivity contribution < 1.29 is 0 Å². The molecule has 0 aliphatic carbocycles. The van der Waals surface area contributed by atoms with Crippen molar-refractivity contribution in [1.82, 2.24) is 9.55 Å². The summed E-state index contributed by atoms with van der Waals surface area (Å²) in [4.78, 5) is 4.82. The minimum absolute atomic E-state index is 0.983. The number of fused-ring (bicyclic) bond motifs is 1. The van der Waals surface area contributed by atoms with Gasteiger partial charge in [-0.15, -0.1) is 0 Å². The third kappa shape index (κ3) is 2.03. The van der Waals surface area contributed by atoms with Gasteiger partial charge in [0.05, 0.1) is 11.0 Å². The highest BCUT2D eigenvalue weighted by Gasteiger charge is 2.13. The molecule has 0 unspecified atom stereocenters. The quantitative estimate of drug-likeness (QED) is 0.651. The van der Waals surface area contributed by atoms with Gasteiger partial charge in [-0.25, -0.2) is 4.98 Å². The molecule has 100 valence electrons. The Kier molecular flexibility index (Phi) is 3.38. The average Bonchev–Trinajstić information content (AvgIpc) is 2.89. The van der Waals surface area contributed by atoms with Gasteiger partial charge in [0.15, 0.2) is 0 Å². The number of para-hydroxylation sites is 2. The van der Waals surface area contributed by atoms with E-state index in [2.05, 4.69) is 67.0 Å². The van der Waals surface area contributed by atoms with Gasteiger partial charge in [0.1, 0.15) is 5.82 Å². The molecule has 0 fully saturated rings. The van der Waals surface area contributed by atoms with Crippen molar-refractivity contribution in [2.24, 2.45) is 0 Å². The molecule has 3 rings (SSSR count). The van der Waals surface area contributed by atoms with Crippen molar-refractivity contribution in [3.05, 3.63) is 60.7 Å². The molecule has 0 amide bonds. The topological polar surface area (TPSA) is 17.8 Å². The van der Waals surface area contributed by atoms with Crippen LogP contribution >= 0.6 is 0 Å². The minimum atomic E-state index is 0.983. The monoisotopic (exact) mass is 262 g/mol. The van der Waals surface area contributed by atoms with E-state index in [1.54, 1.807) is 0 Å². The van der Waals surface area contributed by atoms with Crippen LogP contribution in [0.3, 0.4) is 0 Å². The van der Waals surface area contributed by atoms with Gasteiger partial charge >= 0.3 is 0 Å². The number of aromatic nitrogens is 2. The second-order valence-corrected chi connectivity index (χ2v) is 4.76. The third-order valence-corrected chi connectivity index (χ3v) is 3.58. The summed E-state index contributed by atoms with van der Waals surface area (Å²) >= 11 is 0. The molecule has 0 atom stereocenters. The summed E-state index contributed by atoms with van der Waals surface area (Å²) in [6.07, 6.45) is 3.15. The molecule has 0 radical (unpaired) electrons. The van der Waals surface area contributed by atoms with Crippen molar-refractivity contribution >= 4 is 16.7 Å². The predicted molar refractivity (Wildman–Crippen MR) is 85.4 cm³/mol. The summed E-state index contributed by atoms with van der Waals surface area (Å²) in [5.41, 5.74) is 4.63. The number of imidazole rings is 1. The number of hydrogen-bond acceptors (Lipinski definition) is 1. The van der Waals surface area contributed by atoms with E-state index in [0.29, 0.717) is 0 Å². The van der Waals surface area contributed by atoms with E-state index in [1.807, 2.05) is 12.1 Å². The maximum Gasteiger partial charge on any atom is 0.145 e. The molecule has 20 heavy (non-hydrogen) atoms. The molecule has 0 N–H and O–H groups in total. The molecule has 1 heterocycles. The largest absolute Gasteiger partial charge is 0.296 e. The number of benzene rings is 2. The Balaban J connectivity index is 2.34. The SMILES string of the molecule is C/C=C(\CC)n1c(-c2ccccc2)nc2ccccc21. The summed E-state index contributed by atoms with van der Waals surface area (Å²) in [6.45, 7) is 4.27. The van der Waals surface area contributed by atoms with Crippen LogP contribution in [-0.4, -0.2) is 9.55 Å². The van der Waals surface area contributed by atoms with Gasteiger partial charge in [0.25, 0.3) is 0 Å². The summed E-state index contributed by atoms with van der Waals surface area (Å²) in [6, 6.07) is 18.7. The summed E-state index contributed by atoms with van der Waals surface area (Å²) in [5, 5.41) is 0. The van der Waals surface area contributed by atoms with Crippen LogP contribution in [0.15, 0.2) is 60.7 Å². The Morgan fingerprint density at radius 1 is 1.05 bits per heavy atom. The smallest absolute Gasteiger partial charge is 0.145 e. The second kappa shape index (κ2) is 5.33. The molecule has 0 saturated heterocycles. The highest BCUT2D eigenvalue weighted by Crippen LogP contribution is 2.29. The van der Waals surface area contributed by atoms with Crippen LogP contribution in [0.1, 0.15) is 20.3 Å². The van der Waals surface area contributed by atoms with Gasteiger partial charge in [-0.3, -0.25) is 4.57 Å². The van der Waals surface area contributed by atoms with Gasteiger partial charge in [-0.1, -0.05) is 55.5 Å². The number of nitrogens with zero attached hydrogens (tertiary/aromatic N) is 2. The van der Waals surface area contributed by atoms with Gasteiger partial charge in [-0.05, 0) is 25.5 Å². The highest BCUT2D eigenvalue weighted by atomic mass is 15.1. The summed E-state index contributed by atoms with van der Waals surface area (Å²) in [5.74, 6) is 1.02. The zero-order valence-electron chi connectivity index (χ0n) is 11.9. The highest BCUT2D eigenvalue weighted by molar-refractivity contribution is 5.85. The Hall–Kier alpha value is -2.35. The summed E-state index contributed by atoms with van der Waals surface area (Å²) in [7, 11) is 0. The van der Waals surface area contributed by atoms with Gasteiger partial charge in [0, 0.05) is 11.3 Å². The molecule has 2 aromatic carbocycles. The van der Waals surface area contributed by atoms with Gasteiger partial charge in [-0.2, -0.15) is 0 Å². The van der Waals surface area contributed by atoms with E-state index in [1.165, 1.54) is 11.2 Å². The lowest BCUT2D eigenvalue weighted by atomic mass is 10.2. The fraction of sp³-hybridized carbons (Fsp3) is 0.167. The molecule has 0 bridgehead atoms. The summed E-state index contributed by atoms with van der Waals surface area (Å²) < 4.78 is 2.27. The molecule has 2 heteroatoms. The van der Waals surface area contributed by atoms with Crippen LogP contribution in [0.5, 0.6) is 0 Å². The fourth-order valence-electron chi connectivity index (χ4n) is 2.59. The normalized spacial score (nSPS) is 12.0. The second-order valence-electron chi connectivity index (χ2n) is 4.76. The lowest BCUT2D eigenvalue weighted by molar-refractivity contribution is 1.04. The van der Waals surface area contributed by atoms with E-state index >= 15 is 0 Å². The Labute approximate surface area is 119 Å². The lowest BCUT2D eigenvalue weighted by Gasteiger charge is -2.11. The molecule has 2 nitrogen and oxygen atoms in total. The first kappa shape index (κ1) is 12.7. The predicted octanol–water partition coefficient (Wildman–Crippen LogP) is 4.97. The van der Waals surface area contributed by atoms with E-state index in [0.717, 1.165) is 23.3 Å². The first-order valence-corrected chi connectivity index (χ1v) is 7.03. The Morgan fingerprint density at radius 2 is 1.75 bits per heavy atom. The van der Waals surface area contributed by atoms with E-state index in [9.17, 15) is 0 Å². The molecule has 0 saturated carbocycles. The Morgan fingerprint density at radius 3 is 2.45 bits per heavy atom. The number of hydrogen-bond donors (Lipinski definition) is 0. The molecule has 0 aliphatic heterocycles. The number of rotatable bonds is 3. The zero-order valence-corrected chi connectivity index (χ0v) is 11.9. The van der Waals surface area contributed by atoms with Crippen LogP contribution < -0.4 is 0 Å². The maximum absolute atomic E-state index is 4.82. The van der Waals surface area contributed by atoms with Crippen molar-refractivity contribution in [2.75, 3.05) is 0 Å². The standard InChI is InChI=1S/C18H18N2/c1-3-15(4-2)20-17-13-9-8-12-16(17)19-18(20)14-10-6-5-7-11-14/h3,5-13H,4H2,1-2H3/b15-3+. The van der Waals surface area contributed by atoms with Crippen LogP contribution in [0.25, 0.3) is 28.1 Å². The third-order valence-electron chi connectivity index (χ3n) is 3.58. The molecular formula is C18H18N2. The zero-order chi connectivity index (χ0) is 13.9. The molecule has 3 aromatic rings. The molecule has 0 spiro atoms. The molecule has 0 aliphatic rings. The van der Waals surface area contributed by atoms with Crippen LogP contribution in [-0.2, 0) is 0 Å². The van der Waals surface area contributed by atoms with Gasteiger partial charge in [0.2, 0.25) is 0 Å². The van der Waals surface area contributed by atoms with Crippen LogP contribution in [0.4, 0.5) is 0 Å². The van der Waals surface area contributed by atoms with Crippen LogP contribution in [0, 0.1) is 0 Å². The van der Waals surface area contributed by atoms with Crippen LogP contribution in [0.2, 0.25) is 0 Å². The lowest BCUT2D eigenvalue weighted by Crippen LogP contribution is -1.99. The molecule has 1 aromatic heterocycles. The van der Waals surface area contributed by atoms with Crippen molar-refractivity contribution in [3.8, 4) is 11.4 Å². The van der Waals surface area contributed by atoms with E-state index in [-0.39, 0.29) is 0 Å². The Bertz CT molecular complexity index is 751. The van der Waals surface area contributed by atoms with E-state index < -0.39 is 0 Å². The maximum atomic E-state index is 4.82. The van der Waals surface area contributed by atoms with E-state index in [4.69, 9.17) is 4.98 Å². The minimum Gasteiger partial charge on any atom is -0.296 e.